The molecule has 0 aromatic carbocycles. The molecule has 0 amide bonds. The first-order valence-electron chi connectivity index (χ1n) is 6.08. The zero-order valence-corrected chi connectivity index (χ0v) is 11.7. The predicted molar refractivity (Wildman–Crippen MR) is 75.7 cm³/mol. The quantitative estimate of drug-likeness (QED) is 0.800. The van der Waals surface area contributed by atoms with Crippen LogP contribution < -0.4 is 10.6 Å². The SMILES string of the molecule is CNc1nc(NC2CCC(O)CC2)c(Cl)cc1Cl. The molecule has 1 aromatic heterocycles. The summed E-state index contributed by atoms with van der Waals surface area (Å²) in [5, 5.41) is 16.7. The van der Waals surface area contributed by atoms with E-state index < -0.39 is 0 Å². The van der Waals surface area contributed by atoms with Crippen molar-refractivity contribution in [3.63, 3.8) is 0 Å². The highest BCUT2D eigenvalue weighted by Crippen LogP contribution is 2.31. The highest BCUT2D eigenvalue weighted by molar-refractivity contribution is 6.37. The average molecular weight is 290 g/mol. The van der Waals surface area contributed by atoms with Gasteiger partial charge in [0.15, 0.2) is 0 Å². The molecular weight excluding hydrogens is 273 g/mol. The van der Waals surface area contributed by atoms with Crippen LogP contribution in [0.3, 0.4) is 0 Å². The van der Waals surface area contributed by atoms with Gasteiger partial charge in [0.05, 0.1) is 16.1 Å². The Hall–Kier alpha value is -0.710. The number of anilines is 2. The van der Waals surface area contributed by atoms with Gasteiger partial charge in [-0.2, -0.15) is 0 Å². The van der Waals surface area contributed by atoms with Gasteiger partial charge in [0, 0.05) is 13.1 Å². The Labute approximate surface area is 117 Å². The van der Waals surface area contributed by atoms with Gasteiger partial charge in [-0.1, -0.05) is 23.2 Å². The van der Waals surface area contributed by atoms with E-state index in [1.54, 1.807) is 13.1 Å². The molecule has 0 bridgehead atoms. The van der Waals surface area contributed by atoms with Crippen molar-refractivity contribution in [2.75, 3.05) is 17.7 Å². The minimum atomic E-state index is -0.162. The summed E-state index contributed by atoms with van der Waals surface area (Å²) in [6, 6.07) is 1.99. The lowest BCUT2D eigenvalue weighted by atomic mass is 9.93. The summed E-state index contributed by atoms with van der Waals surface area (Å²) in [4.78, 5) is 4.35. The predicted octanol–water partition coefficient (Wildman–Crippen LogP) is 3.15. The smallest absolute Gasteiger partial charge is 0.147 e. The van der Waals surface area contributed by atoms with Crippen molar-refractivity contribution < 1.29 is 5.11 Å². The van der Waals surface area contributed by atoms with Crippen LogP contribution in [0.15, 0.2) is 6.07 Å². The molecule has 1 aromatic rings. The van der Waals surface area contributed by atoms with Gasteiger partial charge in [-0.15, -0.1) is 0 Å². The molecule has 1 saturated carbocycles. The van der Waals surface area contributed by atoms with Crippen LogP contribution in [0.1, 0.15) is 25.7 Å². The molecule has 0 radical (unpaired) electrons. The summed E-state index contributed by atoms with van der Waals surface area (Å²) >= 11 is 12.1. The number of hydrogen-bond donors (Lipinski definition) is 3. The highest BCUT2D eigenvalue weighted by Gasteiger charge is 2.20. The van der Waals surface area contributed by atoms with Crippen LogP contribution in [0.25, 0.3) is 0 Å². The van der Waals surface area contributed by atoms with E-state index in [2.05, 4.69) is 15.6 Å². The van der Waals surface area contributed by atoms with Crippen LogP contribution in [0, 0.1) is 0 Å². The van der Waals surface area contributed by atoms with Crippen LogP contribution in [-0.2, 0) is 0 Å². The molecular formula is C12H17Cl2N3O. The average Bonchev–Trinajstić information content (AvgIpc) is 2.35. The fourth-order valence-electron chi connectivity index (χ4n) is 2.16. The van der Waals surface area contributed by atoms with Gasteiger partial charge in [-0.3, -0.25) is 0 Å². The summed E-state index contributed by atoms with van der Waals surface area (Å²) in [6.45, 7) is 0. The van der Waals surface area contributed by atoms with Gasteiger partial charge < -0.3 is 15.7 Å². The number of nitrogens with zero attached hydrogens (tertiary/aromatic N) is 1. The molecule has 6 heteroatoms. The Balaban J connectivity index is 2.09. The third-order valence-corrected chi connectivity index (χ3v) is 3.78. The van der Waals surface area contributed by atoms with Crippen molar-refractivity contribution >= 4 is 34.8 Å². The van der Waals surface area contributed by atoms with Crippen LogP contribution in [-0.4, -0.2) is 29.3 Å². The van der Waals surface area contributed by atoms with Crippen LogP contribution in [0.4, 0.5) is 11.6 Å². The maximum Gasteiger partial charge on any atom is 0.147 e. The third-order valence-electron chi connectivity index (χ3n) is 3.20. The molecule has 1 heterocycles. The van der Waals surface area contributed by atoms with Crippen LogP contribution in [0.2, 0.25) is 10.0 Å². The zero-order valence-electron chi connectivity index (χ0n) is 10.2. The first-order chi connectivity index (χ1) is 8.60. The van der Waals surface area contributed by atoms with Crippen molar-refractivity contribution in [2.24, 2.45) is 0 Å². The highest BCUT2D eigenvalue weighted by atomic mass is 35.5. The first-order valence-corrected chi connectivity index (χ1v) is 6.84. The summed E-state index contributed by atoms with van der Waals surface area (Å²) in [6.07, 6.45) is 3.33. The van der Waals surface area contributed by atoms with Crippen molar-refractivity contribution in [1.29, 1.82) is 0 Å². The first kappa shape index (κ1) is 13.7. The van der Waals surface area contributed by atoms with Gasteiger partial charge in [0.2, 0.25) is 0 Å². The lowest BCUT2D eigenvalue weighted by molar-refractivity contribution is 0.126. The Morgan fingerprint density at radius 2 is 1.78 bits per heavy atom. The number of aromatic nitrogens is 1. The monoisotopic (exact) mass is 289 g/mol. The minimum Gasteiger partial charge on any atom is -0.393 e. The molecule has 3 N–H and O–H groups in total. The van der Waals surface area contributed by atoms with Crippen molar-refractivity contribution in [3.05, 3.63) is 16.1 Å². The molecule has 0 atom stereocenters. The number of nitrogens with one attached hydrogen (secondary N) is 2. The summed E-state index contributed by atoms with van der Waals surface area (Å²) in [7, 11) is 1.77. The molecule has 1 aliphatic rings. The van der Waals surface area contributed by atoms with E-state index in [1.807, 2.05) is 0 Å². The number of rotatable bonds is 3. The van der Waals surface area contributed by atoms with Gasteiger partial charge in [0.25, 0.3) is 0 Å². The topological polar surface area (TPSA) is 57.2 Å². The molecule has 0 saturated heterocycles. The second-order valence-corrected chi connectivity index (χ2v) is 5.36. The van der Waals surface area contributed by atoms with Crippen molar-refractivity contribution in [3.8, 4) is 0 Å². The molecule has 1 fully saturated rings. The fraction of sp³-hybridized carbons (Fsp3) is 0.583. The maximum atomic E-state index is 9.47. The zero-order chi connectivity index (χ0) is 13.1. The summed E-state index contributed by atoms with van der Waals surface area (Å²) in [5.74, 6) is 1.26. The molecule has 4 nitrogen and oxygen atoms in total. The Kier molecular flexibility index (Phi) is 4.54. The van der Waals surface area contributed by atoms with E-state index in [9.17, 15) is 5.11 Å². The molecule has 1 aliphatic carbocycles. The fourth-order valence-corrected chi connectivity index (χ4v) is 2.66. The van der Waals surface area contributed by atoms with Crippen molar-refractivity contribution in [1.82, 2.24) is 4.98 Å². The lowest BCUT2D eigenvalue weighted by Crippen LogP contribution is -2.28. The van der Waals surface area contributed by atoms with E-state index in [0.717, 1.165) is 25.7 Å². The van der Waals surface area contributed by atoms with E-state index in [0.29, 0.717) is 27.7 Å². The Bertz CT molecular complexity index is 420. The minimum absolute atomic E-state index is 0.162. The van der Waals surface area contributed by atoms with E-state index in [4.69, 9.17) is 23.2 Å². The maximum absolute atomic E-state index is 9.47. The van der Waals surface area contributed by atoms with Crippen molar-refractivity contribution in [2.45, 2.75) is 37.8 Å². The van der Waals surface area contributed by atoms with Gasteiger partial charge in [0.1, 0.15) is 11.6 Å². The van der Waals surface area contributed by atoms with Gasteiger partial charge in [-0.05, 0) is 31.7 Å². The Morgan fingerprint density at radius 1 is 1.17 bits per heavy atom. The number of halogens is 2. The van der Waals surface area contributed by atoms with Crippen LogP contribution in [0.5, 0.6) is 0 Å². The molecule has 2 rings (SSSR count). The summed E-state index contributed by atoms with van der Waals surface area (Å²) < 4.78 is 0. The van der Waals surface area contributed by atoms with Gasteiger partial charge in [-0.25, -0.2) is 4.98 Å². The normalized spacial score (nSPS) is 23.8. The van der Waals surface area contributed by atoms with E-state index in [1.165, 1.54) is 0 Å². The van der Waals surface area contributed by atoms with Crippen LogP contribution >= 0.6 is 23.2 Å². The van der Waals surface area contributed by atoms with E-state index >= 15 is 0 Å². The molecule has 0 aliphatic heterocycles. The number of aliphatic hydroxyl groups excluding tert-OH is 1. The second kappa shape index (κ2) is 5.95. The van der Waals surface area contributed by atoms with Gasteiger partial charge >= 0.3 is 0 Å². The second-order valence-electron chi connectivity index (χ2n) is 4.55. The number of aliphatic hydroxyl groups is 1. The largest absolute Gasteiger partial charge is 0.393 e. The number of pyridine rings is 1. The molecule has 100 valence electrons. The lowest BCUT2D eigenvalue weighted by Gasteiger charge is -2.27. The Morgan fingerprint density at radius 3 is 2.39 bits per heavy atom. The molecule has 0 spiro atoms. The molecule has 0 unspecified atom stereocenters. The third kappa shape index (κ3) is 3.19. The number of hydrogen-bond acceptors (Lipinski definition) is 4. The standard InChI is InChI=1S/C12H17Cl2N3O/c1-15-11-9(13)6-10(14)12(17-11)16-7-2-4-8(18)5-3-7/h6-8,18H,2-5H2,1H3,(H2,15,16,17). The summed E-state index contributed by atoms with van der Waals surface area (Å²) in [5.41, 5.74) is 0. The van der Waals surface area contributed by atoms with E-state index in [-0.39, 0.29) is 6.10 Å². The molecule has 18 heavy (non-hydrogen) atoms.